The molecule has 1 amide bonds. The van der Waals surface area contributed by atoms with Gasteiger partial charge in [0.05, 0.1) is 0 Å². The van der Waals surface area contributed by atoms with Crippen molar-refractivity contribution in [2.45, 2.75) is 52.9 Å². The quantitative estimate of drug-likeness (QED) is 0.773. The van der Waals surface area contributed by atoms with Crippen molar-refractivity contribution in [3.05, 3.63) is 35.9 Å². The van der Waals surface area contributed by atoms with E-state index < -0.39 is 0 Å². The molecule has 0 saturated heterocycles. The molecule has 1 saturated carbocycles. The second-order valence-corrected chi connectivity index (χ2v) is 7.31. The number of rotatable bonds is 6. The van der Waals surface area contributed by atoms with Crippen molar-refractivity contribution in [3.8, 4) is 0 Å². The van der Waals surface area contributed by atoms with Crippen LogP contribution >= 0.6 is 0 Å². The summed E-state index contributed by atoms with van der Waals surface area (Å²) in [6, 6.07) is 10.5. The topological polar surface area (TPSA) is 29.1 Å². The van der Waals surface area contributed by atoms with E-state index in [0.29, 0.717) is 23.7 Å². The minimum Gasteiger partial charge on any atom is -0.356 e. The summed E-state index contributed by atoms with van der Waals surface area (Å²) in [5.41, 5.74) is 1.35. The molecule has 2 heteroatoms. The molecule has 3 unspecified atom stereocenters. The molecule has 2 rings (SSSR count). The number of carbonyl (C=O) groups excluding carboxylic acids is 1. The molecule has 1 aliphatic carbocycles. The first kappa shape index (κ1) is 17.1. The normalized spacial score (nSPS) is 25.2. The van der Waals surface area contributed by atoms with E-state index >= 15 is 0 Å². The van der Waals surface area contributed by atoms with Crippen molar-refractivity contribution < 1.29 is 4.79 Å². The van der Waals surface area contributed by atoms with E-state index in [1.807, 2.05) is 6.07 Å². The van der Waals surface area contributed by atoms with Gasteiger partial charge >= 0.3 is 0 Å². The Morgan fingerprint density at radius 2 is 1.95 bits per heavy atom. The molecule has 1 aliphatic rings. The van der Waals surface area contributed by atoms with Gasteiger partial charge in [0.15, 0.2) is 0 Å². The van der Waals surface area contributed by atoms with E-state index in [4.69, 9.17) is 0 Å². The number of carbonyl (C=O) groups is 1. The SMILES string of the molecule is CC1CCC(C(C)C)C(C(=O)NCCCc2ccccc2)C1. The molecule has 0 aromatic heterocycles. The van der Waals surface area contributed by atoms with E-state index in [0.717, 1.165) is 25.8 Å². The lowest BCUT2D eigenvalue weighted by Gasteiger charge is -2.36. The van der Waals surface area contributed by atoms with Crippen LogP contribution in [0.4, 0.5) is 0 Å². The van der Waals surface area contributed by atoms with Crippen LogP contribution in [0, 0.1) is 23.7 Å². The first-order valence-corrected chi connectivity index (χ1v) is 8.89. The molecular formula is C20H31NO. The predicted octanol–water partition coefficient (Wildman–Crippen LogP) is 4.44. The number of hydrogen-bond acceptors (Lipinski definition) is 1. The molecular weight excluding hydrogens is 270 g/mol. The molecule has 1 N–H and O–H groups in total. The maximum atomic E-state index is 12.6. The summed E-state index contributed by atoms with van der Waals surface area (Å²) < 4.78 is 0. The molecule has 2 nitrogen and oxygen atoms in total. The summed E-state index contributed by atoms with van der Waals surface area (Å²) in [7, 11) is 0. The fourth-order valence-corrected chi connectivity index (χ4v) is 3.78. The zero-order valence-electron chi connectivity index (χ0n) is 14.3. The minimum absolute atomic E-state index is 0.223. The van der Waals surface area contributed by atoms with Gasteiger partial charge in [-0.05, 0) is 49.0 Å². The highest BCUT2D eigenvalue weighted by Crippen LogP contribution is 2.38. The molecule has 0 radical (unpaired) electrons. The van der Waals surface area contributed by atoms with Crippen LogP contribution in [0.15, 0.2) is 30.3 Å². The molecule has 0 spiro atoms. The lowest BCUT2D eigenvalue weighted by atomic mass is 9.70. The van der Waals surface area contributed by atoms with Crippen molar-refractivity contribution in [3.63, 3.8) is 0 Å². The number of benzene rings is 1. The van der Waals surface area contributed by atoms with Gasteiger partial charge < -0.3 is 5.32 Å². The Balaban J connectivity index is 1.77. The zero-order chi connectivity index (χ0) is 15.9. The number of aryl methyl sites for hydroxylation is 1. The third-order valence-electron chi connectivity index (χ3n) is 5.14. The fraction of sp³-hybridized carbons (Fsp3) is 0.650. The predicted molar refractivity (Wildman–Crippen MR) is 92.6 cm³/mol. The summed E-state index contributed by atoms with van der Waals surface area (Å²) >= 11 is 0. The third-order valence-corrected chi connectivity index (χ3v) is 5.14. The van der Waals surface area contributed by atoms with Crippen molar-refractivity contribution in [2.24, 2.45) is 23.7 Å². The lowest BCUT2D eigenvalue weighted by molar-refractivity contribution is -0.129. The van der Waals surface area contributed by atoms with Crippen LogP contribution < -0.4 is 5.32 Å². The summed E-state index contributed by atoms with van der Waals surface area (Å²) in [5.74, 6) is 2.37. The van der Waals surface area contributed by atoms with E-state index in [1.54, 1.807) is 0 Å². The highest BCUT2D eigenvalue weighted by molar-refractivity contribution is 5.79. The second kappa shape index (κ2) is 8.36. The van der Waals surface area contributed by atoms with Gasteiger partial charge in [-0.1, -0.05) is 57.5 Å². The molecule has 1 aromatic carbocycles. The zero-order valence-corrected chi connectivity index (χ0v) is 14.3. The Bertz CT molecular complexity index is 454. The monoisotopic (exact) mass is 301 g/mol. The third kappa shape index (κ3) is 4.86. The Morgan fingerprint density at radius 3 is 2.64 bits per heavy atom. The van der Waals surface area contributed by atoms with Crippen LogP contribution in [-0.4, -0.2) is 12.5 Å². The van der Waals surface area contributed by atoms with Crippen LogP contribution in [0.5, 0.6) is 0 Å². The largest absolute Gasteiger partial charge is 0.356 e. The van der Waals surface area contributed by atoms with Gasteiger partial charge in [-0.2, -0.15) is 0 Å². The first-order chi connectivity index (χ1) is 10.6. The van der Waals surface area contributed by atoms with E-state index in [2.05, 4.69) is 50.4 Å². The Hall–Kier alpha value is -1.31. The second-order valence-electron chi connectivity index (χ2n) is 7.31. The van der Waals surface area contributed by atoms with Gasteiger partial charge in [-0.15, -0.1) is 0 Å². The van der Waals surface area contributed by atoms with Gasteiger partial charge in [-0.3, -0.25) is 4.79 Å². The summed E-state index contributed by atoms with van der Waals surface area (Å²) in [6.45, 7) is 7.60. The van der Waals surface area contributed by atoms with E-state index in [1.165, 1.54) is 18.4 Å². The molecule has 3 atom stereocenters. The highest BCUT2D eigenvalue weighted by atomic mass is 16.1. The van der Waals surface area contributed by atoms with Gasteiger partial charge in [0, 0.05) is 12.5 Å². The number of hydrogen-bond donors (Lipinski definition) is 1. The van der Waals surface area contributed by atoms with Crippen LogP contribution in [0.25, 0.3) is 0 Å². The van der Waals surface area contributed by atoms with Gasteiger partial charge in [0.2, 0.25) is 5.91 Å². The summed E-state index contributed by atoms with van der Waals surface area (Å²) in [5, 5.41) is 3.19. The van der Waals surface area contributed by atoms with E-state index in [9.17, 15) is 4.79 Å². The molecule has 0 heterocycles. The van der Waals surface area contributed by atoms with Crippen LogP contribution in [0.2, 0.25) is 0 Å². The molecule has 1 aromatic rings. The van der Waals surface area contributed by atoms with Crippen molar-refractivity contribution >= 4 is 5.91 Å². The summed E-state index contributed by atoms with van der Waals surface area (Å²) in [4.78, 5) is 12.6. The Kier molecular flexibility index (Phi) is 6.48. The highest BCUT2D eigenvalue weighted by Gasteiger charge is 2.35. The van der Waals surface area contributed by atoms with E-state index in [-0.39, 0.29) is 5.92 Å². The number of nitrogens with one attached hydrogen (secondary N) is 1. The molecule has 0 bridgehead atoms. The first-order valence-electron chi connectivity index (χ1n) is 8.89. The standard InChI is InChI=1S/C20H31NO/c1-15(2)18-12-11-16(3)14-19(18)20(22)21-13-7-10-17-8-5-4-6-9-17/h4-6,8-9,15-16,18-19H,7,10-14H2,1-3H3,(H,21,22). The van der Waals surface area contributed by atoms with Crippen LogP contribution in [0.3, 0.4) is 0 Å². The average Bonchev–Trinajstić information content (AvgIpc) is 2.52. The summed E-state index contributed by atoms with van der Waals surface area (Å²) in [6.07, 6.45) is 5.61. The molecule has 122 valence electrons. The maximum absolute atomic E-state index is 12.6. The average molecular weight is 301 g/mol. The van der Waals surface area contributed by atoms with Gasteiger partial charge in [0.1, 0.15) is 0 Å². The molecule has 0 aliphatic heterocycles. The van der Waals surface area contributed by atoms with Crippen LogP contribution in [0.1, 0.15) is 52.0 Å². The smallest absolute Gasteiger partial charge is 0.223 e. The molecule has 1 fully saturated rings. The Morgan fingerprint density at radius 1 is 1.23 bits per heavy atom. The molecule has 22 heavy (non-hydrogen) atoms. The maximum Gasteiger partial charge on any atom is 0.223 e. The van der Waals surface area contributed by atoms with Crippen molar-refractivity contribution in [1.82, 2.24) is 5.32 Å². The Labute approximate surface area is 135 Å². The van der Waals surface area contributed by atoms with Gasteiger partial charge in [0.25, 0.3) is 0 Å². The number of amides is 1. The van der Waals surface area contributed by atoms with Crippen LogP contribution in [-0.2, 0) is 11.2 Å². The van der Waals surface area contributed by atoms with Gasteiger partial charge in [-0.25, -0.2) is 0 Å². The van der Waals surface area contributed by atoms with Crippen molar-refractivity contribution in [1.29, 1.82) is 0 Å². The lowest BCUT2D eigenvalue weighted by Crippen LogP contribution is -2.40. The fourth-order valence-electron chi connectivity index (χ4n) is 3.78. The minimum atomic E-state index is 0.223. The van der Waals surface area contributed by atoms with Crippen molar-refractivity contribution in [2.75, 3.05) is 6.54 Å².